The summed E-state index contributed by atoms with van der Waals surface area (Å²) in [6, 6.07) is 6.51. The summed E-state index contributed by atoms with van der Waals surface area (Å²) >= 11 is 1.54. The van der Waals surface area contributed by atoms with Crippen LogP contribution < -0.4 is 10.6 Å². The van der Waals surface area contributed by atoms with Crippen LogP contribution in [0.4, 0.5) is 10.5 Å². The number of Topliss-reactive ketones (excluding diaryl/α,β-unsaturated/α-hetero) is 1. The summed E-state index contributed by atoms with van der Waals surface area (Å²) in [5.74, 6) is -0.0349. The lowest BCUT2D eigenvalue weighted by molar-refractivity contribution is 0.101. The second kappa shape index (κ2) is 6.29. The van der Waals surface area contributed by atoms with E-state index in [2.05, 4.69) is 15.6 Å². The molecule has 0 aliphatic carbocycles. The molecule has 1 heterocycles. The minimum absolute atomic E-state index is 0.0349. The largest absolute Gasteiger partial charge is 0.331 e. The lowest BCUT2D eigenvalue weighted by Gasteiger charge is -2.07. The lowest BCUT2D eigenvalue weighted by Crippen LogP contribution is -2.28. The second-order valence-corrected chi connectivity index (χ2v) is 5.63. The van der Waals surface area contributed by atoms with Gasteiger partial charge in [0, 0.05) is 22.3 Å². The molecule has 20 heavy (non-hydrogen) atoms. The molecule has 2 N–H and O–H groups in total. The number of ketones is 1. The van der Waals surface area contributed by atoms with E-state index in [0.29, 0.717) is 17.8 Å². The molecule has 0 saturated heterocycles. The maximum Gasteiger partial charge on any atom is 0.319 e. The number of anilines is 1. The first-order valence-electron chi connectivity index (χ1n) is 6.12. The Hall–Kier alpha value is -2.21. The van der Waals surface area contributed by atoms with Crippen LogP contribution in [0.25, 0.3) is 0 Å². The van der Waals surface area contributed by atoms with Crippen LogP contribution >= 0.6 is 11.3 Å². The molecule has 5 nitrogen and oxygen atoms in total. The van der Waals surface area contributed by atoms with E-state index in [1.807, 2.05) is 6.92 Å². The van der Waals surface area contributed by atoms with Crippen LogP contribution in [0.5, 0.6) is 0 Å². The smallest absolute Gasteiger partial charge is 0.319 e. The Labute approximate surface area is 121 Å². The maximum absolute atomic E-state index is 11.7. The van der Waals surface area contributed by atoms with Gasteiger partial charge in [-0.15, -0.1) is 11.3 Å². The predicted octanol–water partition coefficient (Wildman–Crippen LogP) is 2.98. The molecule has 0 radical (unpaired) electrons. The third-order valence-electron chi connectivity index (χ3n) is 2.60. The van der Waals surface area contributed by atoms with E-state index in [1.54, 1.807) is 41.8 Å². The lowest BCUT2D eigenvalue weighted by atomic mass is 10.1. The van der Waals surface area contributed by atoms with Crippen molar-refractivity contribution in [2.75, 3.05) is 5.32 Å². The van der Waals surface area contributed by atoms with Crippen molar-refractivity contribution in [3.8, 4) is 0 Å². The van der Waals surface area contributed by atoms with Gasteiger partial charge in [-0.1, -0.05) is 12.1 Å². The summed E-state index contributed by atoms with van der Waals surface area (Å²) in [7, 11) is 0. The first-order chi connectivity index (χ1) is 9.54. The SMILES string of the molecule is CC(=O)c1cccc(NC(=O)NCc2ncc(C)s2)c1. The number of nitrogens with one attached hydrogen (secondary N) is 2. The molecule has 2 rings (SSSR count). The minimum Gasteiger partial charge on any atom is -0.331 e. The minimum atomic E-state index is -0.321. The van der Waals surface area contributed by atoms with Crippen LogP contribution in [0.1, 0.15) is 27.2 Å². The number of aromatic nitrogens is 1. The van der Waals surface area contributed by atoms with Crippen LogP contribution in [0.3, 0.4) is 0 Å². The van der Waals surface area contributed by atoms with Gasteiger partial charge < -0.3 is 10.6 Å². The van der Waals surface area contributed by atoms with Gasteiger partial charge in [-0.3, -0.25) is 4.79 Å². The van der Waals surface area contributed by atoms with Gasteiger partial charge in [-0.25, -0.2) is 9.78 Å². The van der Waals surface area contributed by atoms with Crippen LogP contribution in [-0.2, 0) is 6.54 Å². The van der Waals surface area contributed by atoms with Crippen LogP contribution in [0.2, 0.25) is 0 Å². The highest BCUT2D eigenvalue weighted by atomic mass is 32.1. The highest BCUT2D eigenvalue weighted by molar-refractivity contribution is 7.11. The predicted molar refractivity (Wildman–Crippen MR) is 79.2 cm³/mol. The van der Waals surface area contributed by atoms with E-state index >= 15 is 0 Å². The topological polar surface area (TPSA) is 71.1 Å². The Balaban J connectivity index is 1.91. The molecule has 0 spiro atoms. The van der Waals surface area contributed by atoms with E-state index in [-0.39, 0.29) is 11.8 Å². The average molecular weight is 289 g/mol. The van der Waals surface area contributed by atoms with Crippen molar-refractivity contribution in [3.63, 3.8) is 0 Å². The molecule has 0 aliphatic heterocycles. The van der Waals surface area contributed by atoms with Crippen LogP contribution in [0.15, 0.2) is 30.5 Å². The number of thiazole rings is 1. The Morgan fingerprint density at radius 1 is 1.35 bits per heavy atom. The van der Waals surface area contributed by atoms with Crippen molar-refractivity contribution in [2.45, 2.75) is 20.4 Å². The molecule has 1 aromatic heterocycles. The van der Waals surface area contributed by atoms with Crippen molar-refractivity contribution in [3.05, 3.63) is 45.9 Å². The number of rotatable bonds is 4. The quantitative estimate of drug-likeness (QED) is 0.850. The van der Waals surface area contributed by atoms with E-state index < -0.39 is 0 Å². The molecule has 6 heteroatoms. The first kappa shape index (κ1) is 14.2. The molecule has 0 aliphatic rings. The zero-order valence-electron chi connectivity index (χ0n) is 11.3. The van der Waals surface area contributed by atoms with E-state index in [9.17, 15) is 9.59 Å². The molecule has 2 aromatic rings. The van der Waals surface area contributed by atoms with Crippen LogP contribution in [0, 0.1) is 6.92 Å². The van der Waals surface area contributed by atoms with Gasteiger partial charge in [0.15, 0.2) is 5.78 Å². The molecular formula is C14H15N3O2S. The zero-order chi connectivity index (χ0) is 14.5. The summed E-state index contributed by atoms with van der Waals surface area (Å²) in [6.45, 7) is 3.84. The monoisotopic (exact) mass is 289 g/mol. The molecule has 2 amide bonds. The Kier molecular flexibility index (Phi) is 4.47. The van der Waals surface area contributed by atoms with Crippen molar-refractivity contribution < 1.29 is 9.59 Å². The van der Waals surface area contributed by atoms with E-state index in [1.165, 1.54) is 6.92 Å². The second-order valence-electron chi connectivity index (χ2n) is 4.31. The van der Waals surface area contributed by atoms with Crippen molar-refractivity contribution >= 4 is 28.8 Å². The third-order valence-corrected chi connectivity index (χ3v) is 3.51. The number of nitrogens with zero attached hydrogens (tertiary/aromatic N) is 1. The standard InChI is InChI=1S/C14H15N3O2S/c1-9-7-15-13(20-9)8-16-14(19)17-12-5-3-4-11(6-12)10(2)18/h3-7H,8H2,1-2H3,(H2,16,17,19). The summed E-state index contributed by atoms with van der Waals surface area (Å²) < 4.78 is 0. The number of urea groups is 1. The van der Waals surface area contributed by atoms with Crippen LogP contribution in [-0.4, -0.2) is 16.8 Å². The number of amides is 2. The number of benzene rings is 1. The van der Waals surface area contributed by atoms with Gasteiger partial charge in [0.05, 0.1) is 6.54 Å². The molecule has 0 saturated carbocycles. The number of carbonyl (C=O) groups excluding carboxylic acids is 2. The highest BCUT2D eigenvalue weighted by Gasteiger charge is 2.05. The summed E-state index contributed by atoms with van der Waals surface area (Å²) in [4.78, 5) is 28.3. The Morgan fingerprint density at radius 2 is 2.15 bits per heavy atom. The normalized spacial score (nSPS) is 10.1. The number of carbonyl (C=O) groups is 2. The number of hydrogen-bond acceptors (Lipinski definition) is 4. The van der Waals surface area contributed by atoms with Gasteiger partial charge in [0.1, 0.15) is 5.01 Å². The van der Waals surface area contributed by atoms with Gasteiger partial charge in [0.2, 0.25) is 0 Å². The maximum atomic E-state index is 11.7. The molecule has 0 bridgehead atoms. The number of hydrogen-bond donors (Lipinski definition) is 2. The molecule has 0 unspecified atom stereocenters. The van der Waals surface area contributed by atoms with Gasteiger partial charge in [-0.2, -0.15) is 0 Å². The van der Waals surface area contributed by atoms with Gasteiger partial charge in [0.25, 0.3) is 0 Å². The Morgan fingerprint density at radius 3 is 2.80 bits per heavy atom. The van der Waals surface area contributed by atoms with Crippen molar-refractivity contribution in [2.24, 2.45) is 0 Å². The third kappa shape index (κ3) is 3.89. The fraction of sp³-hybridized carbons (Fsp3) is 0.214. The molecule has 0 fully saturated rings. The number of aryl methyl sites for hydroxylation is 1. The summed E-state index contributed by atoms with van der Waals surface area (Å²) in [5, 5.41) is 6.27. The van der Waals surface area contributed by atoms with E-state index in [4.69, 9.17) is 0 Å². The molecule has 1 aromatic carbocycles. The molecule has 104 valence electrons. The summed E-state index contributed by atoms with van der Waals surface area (Å²) in [5.41, 5.74) is 1.16. The van der Waals surface area contributed by atoms with E-state index in [0.717, 1.165) is 9.88 Å². The fourth-order valence-corrected chi connectivity index (χ4v) is 2.36. The fourth-order valence-electron chi connectivity index (χ4n) is 1.63. The average Bonchev–Trinajstić information content (AvgIpc) is 2.82. The van der Waals surface area contributed by atoms with Crippen molar-refractivity contribution in [1.29, 1.82) is 0 Å². The zero-order valence-corrected chi connectivity index (χ0v) is 12.1. The van der Waals surface area contributed by atoms with Gasteiger partial charge in [-0.05, 0) is 26.0 Å². The first-order valence-corrected chi connectivity index (χ1v) is 6.93. The highest BCUT2D eigenvalue weighted by Crippen LogP contribution is 2.12. The molecular weight excluding hydrogens is 274 g/mol. The molecule has 0 atom stereocenters. The summed E-state index contributed by atoms with van der Waals surface area (Å²) in [6.07, 6.45) is 1.77. The van der Waals surface area contributed by atoms with Gasteiger partial charge >= 0.3 is 6.03 Å². The Bertz CT molecular complexity index is 637. The van der Waals surface area contributed by atoms with Crippen molar-refractivity contribution in [1.82, 2.24) is 10.3 Å².